The molecule has 0 aromatic heterocycles. The van der Waals surface area contributed by atoms with E-state index in [2.05, 4.69) is 4.90 Å². The van der Waals surface area contributed by atoms with Gasteiger partial charge in [-0.05, 0) is 18.6 Å². The van der Waals surface area contributed by atoms with Gasteiger partial charge in [-0.25, -0.2) is 0 Å². The highest BCUT2D eigenvalue weighted by atomic mass is 35.5. The molecule has 1 aliphatic rings. The van der Waals surface area contributed by atoms with Gasteiger partial charge in [0.2, 0.25) is 0 Å². The van der Waals surface area contributed by atoms with E-state index >= 15 is 0 Å². The van der Waals surface area contributed by atoms with Gasteiger partial charge in [0.05, 0.1) is 17.2 Å². The first-order chi connectivity index (χ1) is 8.20. The third-order valence-electron chi connectivity index (χ3n) is 2.82. The number of nitrogens with one attached hydrogen (secondary N) is 1. The Bertz CT molecular complexity index is 414. The number of amidine groups is 1. The normalized spacial score (nSPS) is 16.6. The van der Waals surface area contributed by atoms with Crippen LogP contribution in [0.4, 0.5) is 5.69 Å². The number of rotatable bonds is 2. The van der Waals surface area contributed by atoms with Crippen molar-refractivity contribution in [1.29, 1.82) is 5.41 Å². The number of halogens is 1. The molecule has 3 N–H and O–H groups in total. The van der Waals surface area contributed by atoms with Crippen LogP contribution in [0.25, 0.3) is 0 Å². The van der Waals surface area contributed by atoms with E-state index in [9.17, 15) is 0 Å². The van der Waals surface area contributed by atoms with E-state index in [4.69, 9.17) is 27.5 Å². The monoisotopic (exact) mass is 253 g/mol. The molecular weight excluding hydrogens is 238 g/mol. The molecule has 1 aromatic carbocycles. The summed E-state index contributed by atoms with van der Waals surface area (Å²) in [6, 6.07) is 5.60. The summed E-state index contributed by atoms with van der Waals surface area (Å²) in [5.74, 6) is 0.00997. The van der Waals surface area contributed by atoms with E-state index in [1.54, 1.807) is 6.07 Å². The van der Waals surface area contributed by atoms with Gasteiger partial charge in [-0.2, -0.15) is 0 Å². The fraction of sp³-hybridized carbons (Fsp3) is 0.417. The second-order valence-corrected chi connectivity index (χ2v) is 4.41. The minimum Gasteiger partial charge on any atom is -0.384 e. The largest absolute Gasteiger partial charge is 0.384 e. The van der Waals surface area contributed by atoms with Crippen LogP contribution < -0.4 is 10.6 Å². The number of benzene rings is 1. The second kappa shape index (κ2) is 5.38. The maximum absolute atomic E-state index is 7.63. The molecule has 5 heteroatoms. The molecule has 0 radical (unpaired) electrons. The minimum atomic E-state index is 0.00997. The smallest absolute Gasteiger partial charge is 0.126 e. The average molecular weight is 254 g/mol. The van der Waals surface area contributed by atoms with E-state index in [0.29, 0.717) is 17.2 Å². The first-order valence-electron chi connectivity index (χ1n) is 5.66. The summed E-state index contributed by atoms with van der Waals surface area (Å²) < 4.78 is 5.42. The van der Waals surface area contributed by atoms with Gasteiger partial charge in [0.1, 0.15) is 5.84 Å². The summed E-state index contributed by atoms with van der Waals surface area (Å²) in [6.45, 7) is 3.19. The molecule has 4 nitrogen and oxygen atoms in total. The van der Waals surface area contributed by atoms with E-state index in [0.717, 1.165) is 31.8 Å². The van der Waals surface area contributed by atoms with Crippen molar-refractivity contribution in [3.63, 3.8) is 0 Å². The molecule has 0 atom stereocenters. The van der Waals surface area contributed by atoms with Crippen molar-refractivity contribution in [2.45, 2.75) is 6.42 Å². The van der Waals surface area contributed by atoms with Crippen LogP contribution in [0.2, 0.25) is 5.02 Å². The lowest BCUT2D eigenvalue weighted by Gasteiger charge is -2.25. The molecule has 17 heavy (non-hydrogen) atoms. The number of nitrogen functional groups attached to an aromatic ring is 1. The van der Waals surface area contributed by atoms with Gasteiger partial charge in [-0.3, -0.25) is 5.41 Å². The summed E-state index contributed by atoms with van der Waals surface area (Å²) in [6.07, 6.45) is 0.976. The molecule has 2 rings (SSSR count). The van der Waals surface area contributed by atoms with Crippen molar-refractivity contribution in [2.75, 3.05) is 31.2 Å². The van der Waals surface area contributed by atoms with Gasteiger partial charge in [0.15, 0.2) is 0 Å². The highest BCUT2D eigenvalue weighted by molar-refractivity contribution is 6.34. The summed E-state index contributed by atoms with van der Waals surface area (Å²) in [5.41, 5.74) is 7.15. The molecule has 0 bridgehead atoms. The number of hydrogen-bond acceptors (Lipinski definition) is 3. The molecule has 0 unspecified atom stereocenters. The Kier molecular flexibility index (Phi) is 3.86. The summed E-state index contributed by atoms with van der Waals surface area (Å²) in [5, 5.41) is 8.15. The number of hydrogen-bond donors (Lipinski definition) is 2. The Labute approximate surface area is 106 Å². The van der Waals surface area contributed by atoms with Gasteiger partial charge in [-0.15, -0.1) is 0 Å². The topological polar surface area (TPSA) is 62.3 Å². The van der Waals surface area contributed by atoms with Crippen molar-refractivity contribution < 1.29 is 4.74 Å². The van der Waals surface area contributed by atoms with Crippen LogP contribution in [0.1, 0.15) is 12.0 Å². The van der Waals surface area contributed by atoms with Crippen LogP contribution in [-0.2, 0) is 4.74 Å². The summed E-state index contributed by atoms with van der Waals surface area (Å²) >= 11 is 6.11. The molecule has 1 saturated heterocycles. The molecule has 0 spiro atoms. The summed E-state index contributed by atoms with van der Waals surface area (Å²) in [7, 11) is 0. The number of nitrogens with two attached hydrogens (primary N) is 1. The molecular formula is C12H16ClN3O. The molecule has 1 aromatic rings. The maximum atomic E-state index is 7.63. The van der Waals surface area contributed by atoms with Crippen LogP contribution in [0, 0.1) is 5.41 Å². The molecule has 92 valence electrons. The van der Waals surface area contributed by atoms with Crippen LogP contribution in [-0.4, -0.2) is 32.1 Å². The molecule has 1 fully saturated rings. The Morgan fingerprint density at radius 2 is 2.18 bits per heavy atom. The van der Waals surface area contributed by atoms with Crippen molar-refractivity contribution in [1.82, 2.24) is 0 Å². The van der Waals surface area contributed by atoms with Crippen LogP contribution in [0.15, 0.2) is 18.2 Å². The Balaban J connectivity index is 2.36. The van der Waals surface area contributed by atoms with Gasteiger partial charge in [-0.1, -0.05) is 17.7 Å². The predicted octanol–water partition coefficient (Wildman–Crippen LogP) is 1.85. The molecule has 1 heterocycles. The first-order valence-corrected chi connectivity index (χ1v) is 6.03. The third kappa shape index (κ3) is 2.70. The number of ether oxygens (including phenoxy) is 1. The van der Waals surface area contributed by atoms with Crippen LogP contribution >= 0.6 is 11.6 Å². The van der Waals surface area contributed by atoms with E-state index in [-0.39, 0.29) is 5.84 Å². The molecule has 1 aliphatic heterocycles. The lowest BCUT2D eigenvalue weighted by Crippen LogP contribution is -2.29. The molecule has 0 amide bonds. The van der Waals surface area contributed by atoms with Crippen molar-refractivity contribution >= 4 is 23.1 Å². The highest BCUT2D eigenvalue weighted by Gasteiger charge is 2.17. The second-order valence-electron chi connectivity index (χ2n) is 4.00. The van der Waals surface area contributed by atoms with E-state index in [1.165, 1.54) is 0 Å². The zero-order valence-electron chi connectivity index (χ0n) is 9.58. The van der Waals surface area contributed by atoms with Crippen LogP contribution in [0.5, 0.6) is 0 Å². The number of anilines is 1. The lowest BCUT2D eigenvalue weighted by atomic mass is 10.1. The van der Waals surface area contributed by atoms with Gasteiger partial charge in [0.25, 0.3) is 0 Å². The quantitative estimate of drug-likeness (QED) is 0.625. The van der Waals surface area contributed by atoms with Crippen LogP contribution in [0.3, 0.4) is 0 Å². The Hall–Kier alpha value is -1.26. The van der Waals surface area contributed by atoms with Crippen molar-refractivity contribution in [3.8, 4) is 0 Å². The van der Waals surface area contributed by atoms with E-state index in [1.807, 2.05) is 12.1 Å². The fourth-order valence-corrected chi connectivity index (χ4v) is 2.30. The maximum Gasteiger partial charge on any atom is 0.126 e. The van der Waals surface area contributed by atoms with Crippen molar-refractivity contribution in [3.05, 3.63) is 28.8 Å². The zero-order chi connectivity index (χ0) is 12.3. The van der Waals surface area contributed by atoms with Gasteiger partial charge >= 0.3 is 0 Å². The molecule has 0 saturated carbocycles. The third-order valence-corrected chi connectivity index (χ3v) is 3.14. The Morgan fingerprint density at radius 1 is 1.35 bits per heavy atom. The minimum absolute atomic E-state index is 0.00997. The van der Waals surface area contributed by atoms with Crippen molar-refractivity contribution in [2.24, 2.45) is 5.73 Å². The predicted molar refractivity (Wildman–Crippen MR) is 70.1 cm³/mol. The highest BCUT2D eigenvalue weighted by Crippen LogP contribution is 2.27. The number of nitrogens with zero attached hydrogens (tertiary/aromatic N) is 1. The van der Waals surface area contributed by atoms with Gasteiger partial charge < -0.3 is 15.4 Å². The standard InChI is InChI=1S/C12H16ClN3O/c13-9-3-1-4-10(11(9)12(14)15)16-5-2-7-17-8-6-16/h1,3-4H,2,5-8H2,(H3,14,15). The zero-order valence-corrected chi connectivity index (χ0v) is 10.3. The van der Waals surface area contributed by atoms with Gasteiger partial charge in [0, 0.05) is 25.4 Å². The van der Waals surface area contributed by atoms with E-state index < -0.39 is 0 Å². The lowest BCUT2D eigenvalue weighted by molar-refractivity contribution is 0.152. The average Bonchev–Trinajstić information content (AvgIpc) is 2.56. The summed E-state index contributed by atoms with van der Waals surface area (Å²) in [4.78, 5) is 2.18. The fourth-order valence-electron chi connectivity index (χ4n) is 2.03. The molecule has 0 aliphatic carbocycles. The first kappa shape index (κ1) is 12.2. The Morgan fingerprint density at radius 3 is 2.94 bits per heavy atom. The SMILES string of the molecule is N=C(N)c1c(Cl)cccc1N1CCCOCC1.